The highest BCUT2D eigenvalue weighted by atomic mass is 32.1. The Hall–Kier alpha value is -2.96. The number of carbonyl (C=O) groups is 1. The van der Waals surface area contributed by atoms with E-state index in [1.165, 1.54) is 10.4 Å². The molecule has 4 aromatic rings. The lowest BCUT2D eigenvalue weighted by molar-refractivity contribution is -0.115. The van der Waals surface area contributed by atoms with Crippen LogP contribution in [0.4, 0.5) is 5.13 Å². The zero-order valence-corrected chi connectivity index (χ0v) is 16.8. The minimum absolute atomic E-state index is 0.0259. The third-order valence-corrected chi connectivity index (χ3v) is 6.33. The van der Waals surface area contributed by atoms with E-state index in [9.17, 15) is 4.79 Å². The lowest BCUT2D eigenvalue weighted by Gasteiger charge is -2.25. The maximum absolute atomic E-state index is 12.6. The standard InChI is InChI=1S/C23H22N4OS/c28-22(12-17-13-24-19-9-5-4-8-18(17)19)26-23-25-20-10-11-27(15-21(20)29-23)14-16-6-2-1-3-7-16/h1-9,13,24H,10-12,14-15H2,(H,25,26,28). The summed E-state index contributed by atoms with van der Waals surface area (Å²) in [5, 5.41) is 4.81. The predicted octanol–water partition coefficient (Wildman–Crippen LogP) is 4.36. The molecule has 1 aliphatic heterocycles. The van der Waals surface area contributed by atoms with Crippen molar-refractivity contribution in [1.29, 1.82) is 0 Å². The second-order valence-corrected chi connectivity index (χ2v) is 8.50. The van der Waals surface area contributed by atoms with Crippen molar-refractivity contribution in [1.82, 2.24) is 14.9 Å². The molecule has 3 heterocycles. The number of hydrogen-bond acceptors (Lipinski definition) is 4. The van der Waals surface area contributed by atoms with Crippen LogP contribution in [0, 0.1) is 0 Å². The third kappa shape index (κ3) is 3.95. The smallest absolute Gasteiger partial charge is 0.230 e. The molecule has 2 aromatic heterocycles. The van der Waals surface area contributed by atoms with Gasteiger partial charge in [-0.25, -0.2) is 4.98 Å². The van der Waals surface area contributed by atoms with Gasteiger partial charge >= 0.3 is 0 Å². The molecule has 5 rings (SSSR count). The zero-order chi connectivity index (χ0) is 19.6. The number of carbonyl (C=O) groups excluding carboxylic acids is 1. The van der Waals surface area contributed by atoms with Crippen LogP contribution in [0.2, 0.25) is 0 Å². The normalized spacial score (nSPS) is 14.1. The van der Waals surface area contributed by atoms with Gasteiger partial charge in [-0.2, -0.15) is 0 Å². The van der Waals surface area contributed by atoms with Gasteiger partial charge in [-0.05, 0) is 17.2 Å². The van der Waals surface area contributed by atoms with E-state index in [-0.39, 0.29) is 5.91 Å². The number of hydrogen-bond donors (Lipinski definition) is 2. The van der Waals surface area contributed by atoms with Crippen LogP contribution < -0.4 is 5.32 Å². The molecule has 5 nitrogen and oxygen atoms in total. The maximum atomic E-state index is 12.6. The largest absolute Gasteiger partial charge is 0.361 e. The van der Waals surface area contributed by atoms with Crippen LogP contribution in [0.1, 0.15) is 21.7 Å². The van der Waals surface area contributed by atoms with E-state index in [1.807, 2.05) is 36.5 Å². The van der Waals surface area contributed by atoms with Gasteiger partial charge < -0.3 is 10.3 Å². The van der Waals surface area contributed by atoms with Gasteiger partial charge in [-0.1, -0.05) is 48.5 Å². The number of amides is 1. The van der Waals surface area contributed by atoms with Gasteiger partial charge in [0.15, 0.2) is 5.13 Å². The maximum Gasteiger partial charge on any atom is 0.230 e. The van der Waals surface area contributed by atoms with E-state index in [0.29, 0.717) is 11.6 Å². The fourth-order valence-electron chi connectivity index (χ4n) is 3.89. The van der Waals surface area contributed by atoms with Crippen LogP contribution >= 0.6 is 11.3 Å². The molecule has 0 saturated carbocycles. The Morgan fingerprint density at radius 3 is 2.86 bits per heavy atom. The number of nitrogens with zero attached hydrogens (tertiary/aromatic N) is 2. The molecule has 6 heteroatoms. The summed E-state index contributed by atoms with van der Waals surface area (Å²) in [6, 6.07) is 18.6. The quantitative estimate of drug-likeness (QED) is 0.521. The first-order valence-electron chi connectivity index (χ1n) is 9.84. The molecule has 29 heavy (non-hydrogen) atoms. The molecule has 0 spiro atoms. The van der Waals surface area contributed by atoms with Crippen molar-refractivity contribution in [3.8, 4) is 0 Å². The number of thiazole rings is 1. The SMILES string of the molecule is O=C(Cc1c[nH]c2ccccc12)Nc1nc2c(s1)CN(Cc1ccccc1)CC2. The van der Waals surface area contributed by atoms with Crippen LogP contribution in [-0.2, 0) is 30.7 Å². The number of H-pyrrole nitrogens is 1. The van der Waals surface area contributed by atoms with Crippen molar-refractivity contribution in [2.24, 2.45) is 0 Å². The molecule has 0 fully saturated rings. The lowest BCUT2D eigenvalue weighted by Crippen LogP contribution is -2.29. The van der Waals surface area contributed by atoms with Crippen LogP contribution in [-0.4, -0.2) is 27.3 Å². The number of anilines is 1. The predicted molar refractivity (Wildman–Crippen MR) is 117 cm³/mol. The Labute approximate surface area is 173 Å². The first kappa shape index (κ1) is 18.1. The molecular formula is C23H22N4OS. The number of para-hydroxylation sites is 1. The van der Waals surface area contributed by atoms with E-state index >= 15 is 0 Å². The molecule has 0 bridgehead atoms. The molecular weight excluding hydrogens is 380 g/mol. The van der Waals surface area contributed by atoms with Gasteiger partial charge in [0.25, 0.3) is 0 Å². The summed E-state index contributed by atoms with van der Waals surface area (Å²) in [5.41, 5.74) is 4.52. The van der Waals surface area contributed by atoms with Crippen molar-refractivity contribution in [2.45, 2.75) is 25.9 Å². The van der Waals surface area contributed by atoms with Crippen LogP contribution in [0.5, 0.6) is 0 Å². The molecule has 0 unspecified atom stereocenters. The molecule has 1 aliphatic rings. The van der Waals surface area contributed by atoms with Crippen LogP contribution in [0.25, 0.3) is 10.9 Å². The highest BCUT2D eigenvalue weighted by Crippen LogP contribution is 2.29. The van der Waals surface area contributed by atoms with Gasteiger partial charge in [-0.15, -0.1) is 11.3 Å². The Morgan fingerprint density at radius 2 is 1.97 bits per heavy atom. The fraction of sp³-hybridized carbons (Fsp3) is 0.217. The number of nitrogens with one attached hydrogen (secondary N) is 2. The van der Waals surface area contributed by atoms with Gasteiger partial charge in [0.2, 0.25) is 5.91 Å². The van der Waals surface area contributed by atoms with Gasteiger partial charge in [0.05, 0.1) is 12.1 Å². The number of benzene rings is 2. The summed E-state index contributed by atoms with van der Waals surface area (Å²) < 4.78 is 0. The second kappa shape index (κ2) is 7.81. The minimum Gasteiger partial charge on any atom is -0.361 e. The number of aromatic nitrogens is 2. The molecule has 0 radical (unpaired) electrons. The number of fused-ring (bicyclic) bond motifs is 2. The Balaban J connectivity index is 1.24. The van der Waals surface area contributed by atoms with Gasteiger partial charge in [0, 0.05) is 48.0 Å². The fourth-order valence-corrected chi connectivity index (χ4v) is 4.96. The third-order valence-electron chi connectivity index (χ3n) is 5.33. The van der Waals surface area contributed by atoms with Gasteiger partial charge in [-0.3, -0.25) is 9.69 Å². The average molecular weight is 403 g/mol. The highest BCUT2D eigenvalue weighted by Gasteiger charge is 2.21. The van der Waals surface area contributed by atoms with Crippen molar-refractivity contribution in [2.75, 3.05) is 11.9 Å². The van der Waals surface area contributed by atoms with Crippen molar-refractivity contribution < 1.29 is 4.79 Å². The topological polar surface area (TPSA) is 61.0 Å². The van der Waals surface area contributed by atoms with E-state index in [2.05, 4.69) is 44.5 Å². The molecule has 0 aliphatic carbocycles. The van der Waals surface area contributed by atoms with Gasteiger partial charge in [0.1, 0.15) is 0 Å². The molecule has 0 saturated heterocycles. The molecule has 146 valence electrons. The van der Waals surface area contributed by atoms with Crippen LogP contribution in [0.15, 0.2) is 60.8 Å². The van der Waals surface area contributed by atoms with Crippen molar-refractivity contribution in [3.63, 3.8) is 0 Å². The van der Waals surface area contributed by atoms with Crippen LogP contribution in [0.3, 0.4) is 0 Å². The van der Waals surface area contributed by atoms with E-state index in [4.69, 9.17) is 0 Å². The second-order valence-electron chi connectivity index (χ2n) is 7.42. The van der Waals surface area contributed by atoms with E-state index in [0.717, 1.165) is 48.2 Å². The molecule has 1 amide bonds. The lowest BCUT2D eigenvalue weighted by atomic mass is 10.1. The zero-order valence-electron chi connectivity index (χ0n) is 16.0. The summed E-state index contributed by atoms with van der Waals surface area (Å²) in [7, 11) is 0. The monoisotopic (exact) mass is 402 g/mol. The first-order valence-corrected chi connectivity index (χ1v) is 10.7. The number of aromatic amines is 1. The average Bonchev–Trinajstić information content (AvgIpc) is 3.32. The molecule has 2 N–H and O–H groups in total. The van der Waals surface area contributed by atoms with E-state index in [1.54, 1.807) is 11.3 Å². The number of rotatable bonds is 5. The first-order chi connectivity index (χ1) is 14.2. The minimum atomic E-state index is -0.0259. The molecule has 0 atom stereocenters. The van der Waals surface area contributed by atoms with Crippen molar-refractivity contribution in [3.05, 3.63) is 82.5 Å². The summed E-state index contributed by atoms with van der Waals surface area (Å²) in [5.74, 6) is -0.0259. The Morgan fingerprint density at radius 1 is 1.14 bits per heavy atom. The highest BCUT2D eigenvalue weighted by molar-refractivity contribution is 7.15. The Kier molecular flexibility index (Phi) is 4.87. The summed E-state index contributed by atoms with van der Waals surface area (Å²) in [6.45, 7) is 2.83. The summed E-state index contributed by atoms with van der Waals surface area (Å²) in [6.07, 6.45) is 3.18. The van der Waals surface area contributed by atoms with E-state index < -0.39 is 0 Å². The Bertz CT molecular complexity index is 1150. The summed E-state index contributed by atoms with van der Waals surface area (Å²) in [4.78, 5) is 24.2. The molecule has 2 aromatic carbocycles. The van der Waals surface area contributed by atoms with Crippen molar-refractivity contribution >= 4 is 33.3 Å². The summed E-state index contributed by atoms with van der Waals surface area (Å²) >= 11 is 1.60.